The summed E-state index contributed by atoms with van der Waals surface area (Å²) in [6.07, 6.45) is 1.87. The Morgan fingerprint density at radius 2 is 2.00 bits per heavy atom. The molecular formula is C21H23BrN2O3. The van der Waals surface area contributed by atoms with Gasteiger partial charge < -0.3 is 10.1 Å². The minimum Gasteiger partial charge on any atom is -0.465 e. The molecule has 142 valence electrons. The van der Waals surface area contributed by atoms with Crippen molar-refractivity contribution in [2.24, 2.45) is 5.92 Å². The molecule has 0 saturated carbocycles. The zero-order valence-corrected chi connectivity index (χ0v) is 16.9. The molecule has 2 aromatic carbocycles. The van der Waals surface area contributed by atoms with Gasteiger partial charge in [-0.15, -0.1) is 0 Å². The maximum absolute atomic E-state index is 12.7. The largest absolute Gasteiger partial charge is 0.465 e. The molecular weight excluding hydrogens is 408 g/mol. The molecule has 0 bridgehead atoms. The molecule has 0 aliphatic carbocycles. The van der Waals surface area contributed by atoms with Gasteiger partial charge in [0.15, 0.2) is 0 Å². The number of carbonyl (C=O) groups is 2. The summed E-state index contributed by atoms with van der Waals surface area (Å²) >= 11 is 3.45. The van der Waals surface area contributed by atoms with Crippen molar-refractivity contribution in [1.29, 1.82) is 0 Å². The molecule has 5 nitrogen and oxygen atoms in total. The van der Waals surface area contributed by atoms with E-state index < -0.39 is 5.97 Å². The van der Waals surface area contributed by atoms with Crippen LogP contribution in [0.25, 0.3) is 0 Å². The van der Waals surface area contributed by atoms with Crippen LogP contribution in [0.4, 0.5) is 5.69 Å². The Hall–Kier alpha value is -2.18. The van der Waals surface area contributed by atoms with Crippen LogP contribution in [0.3, 0.4) is 0 Å². The van der Waals surface area contributed by atoms with Crippen molar-refractivity contribution in [3.63, 3.8) is 0 Å². The monoisotopic (exact) mass is 430 g/mol. The summed E-state index contributed by atoms with van der Waals surface area (Å²) in [5.41, 5.74) is 2.29. The lowest BCUT2D eigenvalue weighted by Gasteiger charge is -2.32. The zero-order valence-electron chi connectivity index (χ0n) is 15.3. The second-order valence-electron chi connectivity index (χ2n) is 6.76. The molecule has 0 aromatic heterocycles. The Labute approximate surface area is 167 Å². The summed E-state index contributed by atoms with van der Waals surface area (Å²) in [6, 6.07) is 15.1. The summed E-state index contributed by atoms with van der Waals surface area (Å²) in [4.78, 5) is 26.7. The topological polar surface area (TPSA) is 58.6 Å². The third-order valence-corrected chi connectivity index (χ3v) is 5.28. The second kappa shape index (κ2) is 9.15. The molecule has 1 saturated heterocycles. The number of rotatable bonds is 5. The fourth-order valence-corrected chi connectivity index (χ4v) is 3.61. The lowest BCUT2D eigenvalue weighted by Crippen LogP contribution is -2.40. The minimum atomic E-state index is -0.413. The average Bonchev–Trinajstić information content (AvgIpc) is 2.69. The molecule has 1 fully saturated rings. The van der Waals surface area contributed by atoms with Gasteiger partial charge in [0.05, 0.1) is 18.6 Å². The Kier molecular flexibility index (Phi) is 6.63. The Bertz CT molecular complexity index is 807. The number of hydrogen-bond donors (Lipinski definition) is 1. The minimum absolute atomic E-state index is 0.00229. The number of nitrogens with zero attached hydrogens (tertiary/aromatic N) is 1. The van der Waals surface area contributed by atoms with Crippen LogP contribution in [0, 0.1) is 5.92 Å². The van der Waals surface area contributed by atoms with Crippen LogP contribution in [0.1, 0.15) is 28.8 Å². The van der Waals surface area contributed by atoms with E-state index in [1.807, 2.05) is 12.1 Å². The first-order chi connectivity index (χ1) is 13.0. The number of hydrogen-bond acceptors (Lipinski definition) is 4. The zero-order chi connectivity index (χ0) is 19.2. The molecule has 1 aliphatic heterocycles. The first-order valence-electron chi connectivity index (χ1n) is 9.01. The Balaban J connectivity index is 1.59. The number of benzene rings is 2. The van der Waals surface area contributed by atoms with E-state index in [2.05, 4.69) is 38.3 Å². The molecule has 1 amide bonds. The highest BCUT2D eigenvalue weighted by Crippen LogP contribution is 2.21. The predicted molar refractivity (Wildman–Crippen MR) is 109 cm³/mol. The Morgan fingerprint density at radius 3 is 2.74 bits per heavy atom. The first kappa shape index (κ1) is 19.6. The van der Waals surface area contributed by atoms with Crippen molar-refractivity contribution in [3.05, 3.63) is 64.1 Å². The van der Waals surface area contributed by atoms with E-state index in [1.54, 1.807) is 24.3 Å². The van der Waals surface area contributed by atoms with Gasteiger partial charge in [-0.2, -0.15) is 0 Å². The molecule has 0 radical (unpaired) electrons. The molecule has 3 rings (SSSR count). The van der Waals surface area contributed by atoms with Crippen molar-refractivity contribution in [2.45, 2.75) is 19.4 Å². The first-order valence-corrected chi connectivity index (χ1v) is 9.80. The number of amides is 1. The SMILES string of the molecule is COC(=O)c1cccc(NC(=O)C2CCCN(Cc3ccc(Br)cc3)C2)c1. The van der Waals surface area contributed by atoms with E-state index >= 15 is 0 Å². The quantitative estimate of drug-likeness (QED) is 0.725. The van der Waals surface area contributed by atoms with E-state index in [1.165, 1.54) is 12.7 Å². The van der Waals surface area contributed by atoms with Crippen molar-refractivity contribution < 1.29 is 14.3 Å². The normalized spacial score (nSPS) is 17.3. The van der Waals surface area contributed by atoms with Crippen molar-refractivity contribution in [3.8, 4) is 0 Å². The molecule has 1 unspecified atom stereocenters. The highest BCUT2D eigenvalue weighted by molar-refractivity contribution is 9.10. The van der Waals surface area contributed by atoms with Gasteiger partial charge in [-0.1, -0.05) is 34.1 Å². The number of likely N-dealkylation sites (tertiary alicyclic amines) is 1. The van der Waals surface area contributed by atoms with Gasteiger partial charge >= 0.3 is 5.97 Å². The highest BCUT2D eigenvalue weighted by atomic mass is 79.9. The van der Waals surface area contributed by atoms with E-state index in [0.717, 1.165) is 36.9 Å². The van der Waals surface area contributed by atoms with Crippen LogP contribution in [0.2, 0.25) is 0 Å². The number of anilines is 1. The smallest absolute Gasteiger partial charge is 0.337 e. The summed E-state index contributed by atoms with van der Waals surface area (Å²) in [5, 5.41) is 2.94. The number of nitrogens with one attached hydrogen (secondary N) is 1. The van der Waals surface area contributed by atoms with Gasteiger partial charge in [0.1, 0.15) is 0 Å². The van der Waals surface area contributed by atoms with Crippen molar-refractivity contribution in [2.75, 3.05) is 25.5 Å². The van der Waals surface area contributed by atoms with Gasteiger partial charge in [0, 0.05) is 23.2 Å². The van der Waals surface area contributed by atoms with E-state index in [0.29, 0.717) is 11.3 Å². The maximum atomic E-state index is 12.7. The molecule has 1 aliphatic rings. The van der Waals surface area contributed by atoms with Crippen LogP contribution in [0.5, 0.6) is 0 Å². The standard InChI is InChI=1S/C21H23BrN2O3/c1-27-21(26)16-4-2-6-19(12-16)23-20(25)17-5-3-11-24(14-17)13-15-7-9-18(22)10-8-15/h2,4,6-10,12,17H,3,5,11,13-14H2,1H3,(H,23,25). The molecule has 1 atom stereocenters. The van der Waals surface area contributed by atoms with Gasteiger partial charge in [-0.3, -0.25) is 9.69 Å². The molecule has 0 spiro atoms. The number of piperidine rings is 1. The van der Waals surface area contributed by atoms with E-state index in [9.17, 15) is 9.59 Å². The number of ether oxygens (including phenoxy) is 1. The van der Waals surface area contributed by atoms with E-state index in [4.69, 9.17) is 4.74 Å². The number of esters is 1. The second-order valence-corrected chi connectivity index (χ2v) is 7.68. The van der Waals surface area contributed by atoms with Gasteiger partial charge in [0.2, 0.25) is 5.91 Å². The highest BCUT2D eigenvalue weighted by Gasteiger charge is 2.26. The van der Waals surface area contributed by atoms with Crippen LogP contribution >= 0.6 is 15.9 Å². The molecule has 6 heteroatoms. The van der Waals surface area contributed by atoms with Gasteiger partial charge in [-0.25, -0.2) is 4.79 Å². The fraction of sp³-hybridized carbons (Fsp3) is 0.333. The predicted octanol–water partition coefficient (Wildman–Crippen LogP) is 4.09. The van der Waals surface area contributed by atoms with Crippen LogP contribution < -0.4 is 5.32 Å². The van der Waals surface area contributed by atoms with Crippen molar-refractivity contribution in [1.82, 2.24) is 4.90 Å². The summed E-state index contributed by atoms with van der Waals surface area (Å²) in [6.45, 7) is 2.57. The Morgan fingerprint density at radius 1 is 1.22 bits per heavy atom. The molecule has 1 heterocycles. The number of carbonyl (C=O) groups excluding carboxylic acids is 2. The van der Waals surface area contributed by atoms with Gasteiger partial charge in [-0.05, 0) is 55.3 Å². The molecule has 27 heavy (non-hydrogen) atoms. The lowest BCUT2D eigenvalue weighted by molar-refractivity contribution is -0.121. The summed E-state index contributed by atoms with van der Waals surface area (Å²) in [5.74, 6) is -0.474. The van der Waals surface area contributed by atoms with Crippen LogP contribution in [-0.4, -0.2) is 37.0 Å². The van der Waals surface area contributed by atoms with Crippen LogP contribution in [0.15, 0.2) is 53.0 Å². The summed E-state index contributed by atoms with van der Waals surface area (Å²) in [7, 11) is 1.34. The average molecular weight is 431 g/mol. The number of methoxy groups -OCH3 is 1. The number of halogens is 1. The molecule has 2 aromatic rings. The van der Waals surface area contributed by atoms with Gasteiger partial charge in [0.25, 0.3) is 0 Å². The van der Waals surface area contributed by atoms with E-state index in [-0.39, 0.29) is 11.8 Å². The van der Waals surface area contributed by atoms with Crippen molar-refractivity contribution >= 4 is 33.5 Å². The van der Waals surface area contributed by atoms with Crippen LogP contribution in [-0.2, 0) is 16.1 Å². The third-order valence-electron chi connectivity index (χ3n) is 4.75. The third kappa shape index (κ3) is 5.40. The molecule has 1 N–H and O–H groups in total. The fourth-order valence-electron chi connectivity index (χ4n) is 3.35. The maximum Gasteiger partial charge on any atom is 0.337 e. The lowest BCUT2D eigenvalue weighted by atomic mass is 9.96. The summed E-state index contributed by atoms with van der Waals surface area (Å²) < 4.78 is 5.80.